The highest BCUT2D eigenvalue weighted by Crippen LogP contribution is 2.42. The van der Waals surface area contributed by atoms with Gasteiger partial charge in [-0.05, 0) is 50.1 Å². The lowest BCUT2D eigenvalue weighted by molar-refractivity contribution is -0.115. The number of pyridine rings is 1. The predicted octanol–water partition coefficient (Wildman–Crippen LogP) is 6.78. The Bertz CT molecular complexity index is 2510. The van der Waals surface area contributed by atoms with Gasteiger partial charge in [-0.1, -0.05) is 65.2 Å². The van der Waals surface area contributed by atoms with Crippen molar-refractivity contribution in [3.8, 4) is 11.5 Å². The molecule has 1 fully saturated rings. The molecule has 2 atom stereocenters. The number of carbonyl (C=O) groups excluding carboxylic acids is 1. The van der Waals surface area contributed by atoms with Crippen molar-refractivity contribution in [1.82, 2.24) is 24.3 Å². The van der Waals surface area contributed by atoms with E-state index in [2.05, 4.69) is 25.7 Å². The molecule has 1 saturated heterocycles. The molecule has 0 saturated carbocycles. The van der Waals surface area contributed by atoms with Crippen LogP contribution in [-0.2, 0) is 16.2 Å². The normalized spacial score (nSPS) is 17.4. The number of rotatable bonds is 10. The minimum atomic E-state index is -1.32. The van der Waals surface area contributed by atoms with E-state index in [1.807, 2.05) is 56.1 Å². The number of amides is 1. The zero-order chi connectivity index (χ0) is 42.0. The van der Waals surface area contributed by atoms with Gasteiger partial charge in [-0.2, -0.15) is 0 Å². The molecule has 310 valence electrons. The first kappa shape index (κ1) is 41.8. The van der Waals surface area contributed by atoms with Crippen LogP contribution in [0.5, 0.6) is 11.5 Å². The summed E-state index contributed by atoms with van der Waals surface area (Å²) in [5, 5.41) is 23.6. The molecule has 2 unspecified atom stereocenters. The van der Waals surface area contributed by atoms with E-state index in [0.717, 1.165) is 41.7 Å². The minimum absolute atomic E-state index is 0.0434. The third-order valence-electron chi connectivity index (χ3n) is 9.97. The van der Waals surface area contributed by atoms with Crippen molar-refractivity contribution in [3.05, 3.63) is 103 Å². The maximum Gasteiger partial charge on any atom is 0.341 e. The molecule has 3 aliphatic heterocycles. The Labute approximate surface area is 352 Å². The van der Waals surface area contributed by atoms with Crippen molar-refractivity contribution >= 4 is 69.1 Å². The summed E-state index contributed by atoms with van der Waals surface area (Å²) in [5.41, 5.74) is 4.88. The maximum atomic E-state index is 15.0. The number of oxime groups is 1. The monoisotopic (exact) mass is 866 g/mol. The molecular formula is C40H41Cl2FN8O7S. The average molecular weight is 868 g/mol. The number of carboxylic acid groups (broad SMARTS) is 1. The van der Waals surface area contributed by atoms with E-state index in [9.17, 15) is 23.9 Å². The number of aromatic carboxylic acids is 1. The number of ether oxygens (including phenoxy) is 2. The highest BCUT2D eigenvalue weighted by molar-refractivity contribution is 7.99. The van der Waals surface area contributed by atoms with Gasteiger partial charge in [0.25, 0.3) is 0 Å². The molecule has 5 heterocycles. The van der Waals surface area contributed by atoms with Crippen LogP contribution >= 0.6 is 35.0 Å². The summed E-state index contributed by atoms with van der Waals surface area (Å²) in [6, 6.07) is 13.8. The van der Waals surface area contributed by atoms with Gasteiger partial charge in [0.05, 0.1) is 22.7 Å². The molecule has 0 bridgehead atoms. The van der Waals surface area contributed by atoms with Crippen LogP contribution < -0.4 is 25.2 Å². The van der Waals surface area contributed by atoms with E-state index in [1.54, 1.807) is 21.4 Å². The molecule has 3 aromatic carbocycles. The number of anilines is 1. The van der Waals surface area contributed by atoms with E-state index < -0.39 is 17.2 Å². The quantitative estimate of drug-likeness (QED) is 0.142. The first-order chi connectivity index (χ1) is 28.3. The number of carbonyl (C=O) groups is 2. The topological polar surface area (TPSA) is 166 Å². The van der Waals surface area contributed by atoms with E-state index in [4.69, 9.17) is 37.5 Å². The van der Waals surface area contributed by atoms with Crippen molar-refractivity contribution in [3.63, 3.8) is 0 Å². The number of carboxylic acids is 1. The zero-order valence-electron chi connectivity index (χ0n) is 32.6. The van der Waals surface area contributed by atoms with Crippen molar-refractivity contribution in [2.45, 2.75) is 51.1 Å². The molecule has 2 N–H and O–H groups in total. The third-order valence-corrected chi connectivity index (χ3v) is 11.3. The molecule has 2 aromatic heterocycles. The summed E-state index contributed by atoms with van der Waals surface area (Å²) in [5.74, 6) is 0.119. The summed E-state index contributed by atoms with van der Waals surface area (Å²) in [7, 11) is 2.02. The number of para-hydroxylation sites is 1. The van der Waals surface area contributed by atoms with Gasteiger partial charge < -0.3 is 33.8 Å². The Hall–Kier alpha value is -5.36. The molecule has 15 nitrogen and oxygen atoms in total. The first-order valence-corrected chi connectivity index (χ1v) is 20.5. The van der Waals surface area contributed by atoms with Crippen molar-refractivity contribution in [2.24, 2.45) is 5.16 Å². The molecular weight excluding hydrogens is 826 g/mol. The standard InChI is InChI=1S/C22H21Cl2N5O3S.C18H20FN3O4/c1-3-33-22-26-25-21(29(22)27-13(2)30)12-31-19-7-5-4-6-16(19)18-11-20(32-28-18)15-9-8-14(23)10-17(15)24;1-10-9-26-17-14-11(16(23)12(18(24)25)8-22(10)14)7-13(19)15(17)21-5-3-20(2)4-6-21/h4-10,20H,3,11-12H2,1-2H3,(H,27,30);7-8,10H,3-6,9H2,1-2H3,(H,24,25). The summed E-state index contributed by atoms with van der Waals surface area (Å²) in [4.78, 5) is 45.4. The Morgan fingerprint density at radius 3 is 2.58 bits per heavy atom. The summed E-state index contributed by atoms with van der Waals surface area (Å²) in [6.45, 7) is 8.61. The summed E-state index contributed by atoms with van der Waals surface area (Å²) < 4.78 is 30.2. The van der Waals surface area contributed by atoms with Crippen LogP contribution in [0.15, 0.2) is 69.8 Å². The Morgan fingerprint density at radius 2 is 1.86 bits per heavy atom. The van der Waals surface area contributed by atoms with E-state index in [-0.39, 0.29) is 42.2 Å². The lowest BCUT2D eigenvalue weighted by Crippen LogP contribution is -2.45. The highest BCUT2D eigenvalue weighted by atomic mass is 35.5. The van der Waals surface area contributed by atoms with Gasteiger partial charge in [-0.15, -0.1) is 10.2 Å². The minimum Gasteiger partial charge on any atom is -0.487 e. The van der Waals surface area contributed by atoms with Crippen molar-refractivity contribution in [2.75, 3.05) is 55.9 Å². The van der Waals surface area contributed by atoms with Gasteiger partial charge in [0.2, 0.25) is 16.5 Å². The Balaban J connectivity index is 0.000000184. The molecule has 19 heteroatoms. The van der Waals surface area contributed by atoms with Gasteiger partial charge >= 0.3 is 5.97 Å². The molecule has 1 amide bonds. The second-order valence-corrected chi connectivity index (χ2v) is 16.2. The lowest BCUT2D eigenvalue weighted by Gasteiger charge is -2.37. The second-order valence-electron chi connectivity index (χ2n) is 14.1. The molecule has 3 aliphatic rings. The SMILES string of the molecule is CC1COc2c(N3CCN(C)CC3)c(F)cc3c(=O)c(C(=O)O)cn1c23.CCSc1nnc(COc2ccccc2C2=NOC(c3ccc(Cl)cc3Cl)C2)n1NC(C)=O. The lowest BCUT2D eigenvalue weighted by atomic mass is 9.99. The van der Waals surface area contributed by atoms with Crippen LogP contribution in [0.25, 0.3) is 10.9 Å². The number of halogens is 3. The number of thioether (sulfide) groups is 1. The average Bonchev–Trinajstić information content (AvgIpc) is 3.84. The number of benzene rings is 3. The second kappa shape index (κ2) is 17.9. The number of nitrogens with one attached hydrogen (secondary N) is 1. The van der Waals surface area contributed by atoms with Crippen LogP contribution in [0, 0.1) is 5.82 Å². The number of aromatic nitrogens is 4. The molecule has 5 aromatic rings. The smallest absolute Gasteiger partial charge is 0.341 e. The van der Waals surface area contributed by atoms with Gasteiger partial charge in [-0.25, -0.2) is 13.9 Å². The predicted molar refractivity (Wildman–Crippen MR) is 224 cm³/mol. The molecule has 0 radical (unpaired) electrons. The fraction of sp³-hybridized carbons (Fsp3) is 0.350. The Morgan fingerprint density at radius 1 is 1.10 bits per heavy atom. The number of likely N-dealkylation sites (N-methyl/N-ethyl adjacent to an activating group) is 1. The number of hydrogen-bond acceptors (Lipinski definition) is 12. The number of nitrogens with zero attached hydrogens (tertiary/aromatic N) is 7. The maximum absolute atomic E-state index is 15.0. The van der Waals surface area contributed by atoms with E-state index in [0.29, 0.717) is 63.2 Å². The first-order valence-electron chi connectivity index (χ1n) is 18.8. The van der Waals surface area contributed by atoms with Crippen molar-refractivity contribution in [1.29, 1.82) is 0 Å². The number of hydrogen-bond donors (Lipinski definition) is 2. The van der Waals surface area contributed by atoms with Gasteiger partial charge in [0, 0.05) is 66.9 Å². The van der Waals surface area contributed by atoms with Crippen LogP contribution in [0.3, 0.4) is 0 Å². The van der Waals surface area contributed by atoms with Crippen molar-refractivity contribution < 1.29 is 33.4 Å². The van der Waals surface area contributed by atoms with Gasteiger partial charge in [0.1, 0.15) is 30.2 Å². The molecule has 0 aliphatic carbocycles. The van der Waals surface area contributed by atoms with Crippen LogP contribution in [0.4, 0.5) is 10.1 Å². The van der Waals surface area contributed by atoms with E-state index in [1.165, 1.54) is 24.9 Å². The molecule has 59 heavy (non-hydrogen) atoms. The van der Waals surface area contributed by atoms with Crippen LogP contribution in [0.2, 0.25) is 10.0 Å². The fourth-order valence-corrected chi connectivity index (χ4v) is 8.18. The highest BCUT2D eigenvalue weighted by Gasteiger charge is 2.31. The van der Waals surface area contributed by atoms with Crippen LogP contribution in [0.1, 0.15) is 66.6 Å². The summed E-state index contributed by atoms with van der Waals surface area (Å²) in [6.07, 6.45) is 1.56. The van der Waals surface area contributed by atoms with Gasteiger partial charge in [0.15, 0.2) is 23.5 Å². The zero-order valence-corrected chi connectivity index (χ0v) is 34.9. The number of piperazine rings is 1. The fourth-order valence-electron chi connectivity index (χ4n) is 7.01. The summed E-state index contributed by atoms with van der Waals surface area (Å²) >= 11 is 13.8. The third kappa shape index (κ3) is 8.83. The van der Waals surface area contributed by atoms with Crippen LogP contribution in [-0.4, -0.2) is 92.6 Å². The Kier molecular flexibility index (Phi) is 12.7. The van der Waals surface area contributed by atoms with E-state index >= 15 is 0 Å². The van der Waals surface area contributed by atoms with Gasteiger partial charge in [-0.3, -0.25) is 15.0 Å². The molecule has 0 spiro atoms. The largest absolute Gasteiger partial charge is 0.487 e. The molecule has 8 rings (SSSR count).